The van der Waals surface area contributed by atoms with Gasteiger partial charge in [0.05, 0.1) is 11.0 Å². The van der Waals surface area contributed by atoms with E-state index in [2.05, 4.69) is 15.3 Å². The minimum atomic E-state index is -4.49. The lowest BCUT2D eigenvalue weighted by Crippen LogP contribution is -2.17. The van der Waals surface area contributed by atoms with Crippen LogP contribution >= 0.6 is 0 Å². The highest BCUT2D eigenvalue weighted by Gasteiger charge is 2.32. The summed E-state index contributed by atoms with van der Waals surface area (Å²) in [7, 11) is 1.43. The molecule has 0 saturated heterocycles. The SMILES string of the molecule is CNC(=O)c1cc2nc(C(F)(F)F)ccc2[nH]1. The summed E-state index contributed by atoms with van der Waals surface area (Å²) < 4.78 is 37.2. The molecule has 90 valence electrons. The number of halogens is 3. The summed E-state index contributed by atoms with van der Waals surface area (Å²) in [5, 5.41) is 2.37. The zero-order valence-electron chi connectivity index (χ0n) is 8.72. The molecule has 2 aromatic rings. The van der Waals surface area contributed by atoms with Crippen molar-refractivity contribution in [1.82, 2.24) is 15.3 Å². The quantitative estimate of drug-likeness (QED) is 0.804. The van der Waals surface area contributed by atoms with Gasteiger partial charge in [-0.15, -0.1) is 0 Å². The molecule has 7 heteroatoms. The number of aromatic amines is 1. The molecule has 0 aliphatic rings. The Bertz CT molecular complexity index is 574. The molecule has 0 unspecified atom stereocenters. The monoisotopic (exact) mass is 243 g/mol. The third kappa shape index (κ3) is 2.08. The summed E-state index contributed by atoms with van der Waals surface area (Å²) in [6.45, 7) is 0. The topological polar surface area (TPSA) is 57.8 Å². The lowest BCUT2D eigenvalue weighted by atomic mass is 10.3. The van der Waals surface area contributed by atoms with E-state index in [0.717, 1.165) is 6.07 Å². The molecule has 2 aromatic heterocycles. The Morgan fingerprint density at radius 1 is 1.41 bits per heavy atom. The van der Waals surface area contributed by atoms with Crippen LogP contribution in [0.5, 0.6) is 0 Å². The molecule has 17 heavy (non-hydrogen) atoms. The third-order valence-electron chi connectivity index (χ3n) is 2.24. The van der Waals surface area contributed by atoms with Crippen molar-refractivity contribution in [3.8, 4) is 0 Å². The molecule has 0 spiro atoms. The number of alkyl halides is 3. The molecule has 2 rings (SSSR count). The number of amides is 1. The fourth-order valence-corrected chi connectivity index (χ4v) is 1.42. The van der Waals surface area contributed by atoms with Crippen LogP contribution in [0.2, 0.25) is 0 Å². The summed E-state index contributed by atoms with van der Waals surface area (Å²) in [5.74, 6) is -0.406. The summed E-state index contributed by atoms with van der Waals surface area (Å²) >= 11 is 0. The number of hydrogen-bond donors (Lipinski definition) is 2. The van der Waals surface area contributed by atoms with Crippen LogP contribution in [-0.2, 0) is 6.18 Å². The lowest BCUT2D eigenvalue weighted by molar-refractivity contribution is -0.140. The van der Waals surface area contributed by atoms with Gasteiger partial charge in [0.1, 0.15) is 11.4 Å². The van der Waals surface area contributed by atoms with Crippen LogP contribution in [0.4, 0.5) is 13.2 Å². The maximum atomic E-state index is 12.4. The van der Waals surface area contributed by atoms with E-state index in [4.69, 9.17) is 0 Å². The van der Waals surface area contributed by atoms with Crippen molar-refractivity contribution in [2.24, 2.45) is 0 Å². The van der Waals surface area contributed by atoms with Gasteiger partial charge in [-0.25, -0.2) is 4.98 Å². The molecule has 0 aromatic carbocycles. The van der Waals surface area contributed by atoms with Crippen molar-refractivity contribution >= 4 is 16.9 Å². The number of pyridine rings is 1. The third-order valence-corrected chi connectivity index (χ3v) is 2.24. The molecule has 0 aliphatic heterocycles. The van der Waals surface area contributed by atoms with Gasteiger partial charge >= 0.3 is 6.18 Å². The highest BCUT2D eigenvalue weighted by atomic mass is 19.4. The first-order valence-corrected chi connectivity index (χ1v) is 4.71. The van der Waals surface area contributed by atoms with E-state index in [9.17, 15) is 18.0 Å². The minimum Gasteiger partial charge on any atom is -0.354 e. The van der Waals surface area contributed by atoms with Crippen LogP contribution in [0.25, 0.3) is 11.0 Å². The molecule has 0 saturated carbocycles. The fourth-order valence-electron chi connectivity index (χ4n) is 1.42. The van der Waals surface area contributed by atoms with E-state index in [1.165, 1.54) is 19.2 Å². The predicted octanol–water partition coefficient (Wildman–Crippen LogP) is 1.94. The number of fused-ring (bicyclic) bond motifs is 1. The molecule has 2 heterocycles. The smallest absolute Gasteiger partial charge is 0.354 e. The fraction of sp³-hybridized carbons (Fsp3) is 0.200. The molecular formula is C10H8F3N3O. The first kappa shape index (κ1) is 11.4. The van der Waals surface area contributed by atoms with E-state index < -0.39 is 17.8 Å². The Labute approximate surface area is 93.8 Å². The van der Waals surface area contributed by atoms with E-state index in [-0.39, 0.29) is 11.2 Å². The normalized spacial score (nSPS) is 11.8. The minimum absolute atomic E-state index is 0.110. The van der Waals surface area contributed by atoms with Gasteiger partial charge in [-0.2, -0.15) is 13.2 Å². The first-order valence-electron chi connectivity index (χ1n) is 4.71. The van der Waals surface area contributed by atoms with Crippen molar-refractivity contribution in [3.05, 3.63) is 29.6 Å². The average Bonchev–Trinajstić information content (AvgIpc) is 2.69. The van der Waals surface area contributed by atoms with Gasteiger partial charge in [0.15, 0.2) is 0 Å². The Morgan fingerprint density at radius 2 is 2.12 bits per heavy atom. The van der Waals surface area contributed by atoms with Crippen molar-refractivity contribution in [2.45, 2.75) is 6.18 Å². The van der Waals surface area contributed by atoms with Gasteiger partial charge in [-0.1, -0.05) is 0 Å². The van der Waals surface area contributed by atoms with Gasteiger partial charge in [0.2, 0.25) is 0 Å². The van der Waals surface area contributed by atoms with E-state index in [0.29, 0.717) is 5.52 Å². The standard InChI is InChI=1S/C10H8F3N3O/c1-14-9(17)7-4-6-5(15-7)2-3-8(16-6)10(11,12)13/h2-4,15H,1H3,(H,14,17). The summed E-state index contributed by atoms with van der Waals surface area (Å²) in [4.78, 5) is 17.4. The molecular weight excluding hydrogens is 235 g/mol. The molecule has 0 aliphatic carbocycles. The zero-order chi connectivity index (χ0) is 12.6. The maximum Gasteiger partial charge on any atom is 0.433 e. The summed E-state index contributed by atoms with van der Waals surface area (Å²) in [6, 6.07) is 3.40. The number of carbonyl (C=O) groups excluding carboxylic acids is 1. The van der Waals surface area contributed by atoms with Gasteiger partial charge in [0, 0.05) is 7.05 Å². The van der Waals surface area contributed by atoms with Crippen LogP contribution in [0, 0.1) is 0 Å². The maximum absolute atomic E-state index is 12.4. The van der Waals surface area contributed by atoms with Gasteiger partial charge in [-0.3, -0.25) is 4.79 Å². The van der Waals surface area contributed by atoms with Crippen LogP contribution in [0.15, 0.2) is 18.2 Å². The van der Waals surface area contributed by atoms with Crippen molar-refractivity contribution < 1.29 is 18.0 Å². The van der Waals surface area contributed by atoms with Gasteiger partial charge < -0.3 is 10.3 Å². The van der Waals surface area contributed by atoms with Crippen molar-refractivity contribution in [1.29, 1.82) is 0 Å². The highest BCUT2D eigenvalue weighted by Crippen LogP contribution is 2.28. The second-order valence-corrected chi connectivity index (χ2v) is 3.39. The second-order valence-electron chi connectivity index (χ2n) is 3.39. The lowest BCUT2D eigenvalue weighted by Gasteiger charge is -2.04. The molecule has 0 bridgehead atoms. The Balaban J connectivity index is 2.52. The summed E-state index contributed by atoms with van der Waals surface area (Å²) in [6.07, 6.45) is -4.49. The predicted molar refractivity (Wildman–Crippen MR) is 54.5 cm³/mol. The second kappa shape index (κ2) is 3.76. The van der Waals surface area contributed by atoms with Crippen molar-refractivity contribution in [2.75, 3.05) is 7.05 Å². The molecule has 0 atom stereocenters. The molecule has 0 fully saturated rings. The van der Waals surface area contributed by atoms with E-state index in [1.807, 2.05) is 0 Å². The number of H-pyrrole nitrogens is 1. The molecule has 1 amide bonds. The largest absolute Gasteiger partial charge is 0.433 e. The van der Waals surface area contributed by atoms with Gasteiger partial charge in [0.25, 0.3) is 5.91 Å². The van der Waals surface area contributed by atoms with E-state index in [1.54, 1.807) is 0 Å². The Hall–Kier alpha value is -2.05. The number of carbonyl (C=O) groups is 1. The number of aromatic nitrogens is 2. The van der Waals surface area contributed by atoms with Crippen LogP contribution < -0.4 is 5.32 Å². The Morgan fingerprint density at radius 3 is 2.71 bits per heavy atom. The van der Waals surface area contributed by atoms with Crippen LogP contribution in [0.1, 0.15) is 16.2 Å². The van der Waals surface area contributed by atoms with Crippen molar-refractivity contribution in [3.63, 3.8) is 0 Å². The first-order chi connectivity index (χ1) is 7.91. The molecule has 0 radical (unpaired) electrons. The average molecular weight is 243 g/mol. The van der Waals surface area contributed by atoms with Gasteiger partial charge in [-0.05, 0) is 18.2 Å². The highest BCUT2D eigenvalue weighted by molar-refractivity contribution is 5.96. The summed E-state index contributed by atoms with van der Waals surface area (Å²) in [5.41, 5.74) is -0.309. The molecule has 4 nitrogen and oxygen atoms in total. The Kier molecular flexibility index (Phi) is 2.53. The van der Waals surface area contributed by atoms with Crippen LogP contribution in [-0.4, -0.2) is 22.9 Å². The molecule has 2 N–H and O–H groups in total. The number of rotatable bonds is 1. The van der Waals surface area contributed by atoms with Crippen LogP contribution in [0.3, 0.4) is 0 Å². The zero-order valence-corrected chi connectivity index (χ0v) is 8.72. The number of nitrogens with one attached hydrogen (secondary N) is 2. The number of nitrogens with zero attached hydrogens (tertiary/aromatic N) is 1. The van der Waals surface area contributed by atoms with E-state index >= 15 is 0 Å². The number of hydrogen-bond acceptors (Lipinski definition) is 2.